The van der Waals surface area contributed by atoms with Crippen LogP contribution in [0.15, 0.2) is 24.4 Å². The van der Waals surface area contributed by atoms with E-state index in [2.05, 4.69) is 14.8 Å². The van der Waals surface area contributed by atoms with Gasteiger partial charge in [-0.2, -0.15) is 0 Å². The number of benzene rings is 1. The number of anilines is 1. The first kappa shape index (κ1) is 16.2. The minimum atomic E-state index is -0.300. The first-order chi connectivity index (χ1) is 11.1. The van der Waals surface area contributed by atoms with Crippen molar-refractivity contribution in [2.75, 3.05) is 39.0 Å². The van der Waals surface area contributed by atoms with Crippen molar-refractivity contribution in [2.45, 2.75) is 13.1 Å². The predicted molar refractivity (Wildman–Crippen MR) is 90.0 cm³/mol. The molecular formula is C16H21FN4OS. The van der Waals surface area contributed by atoms with Gasteiger partial charge in [0.15, 0.2) is 16.7 Å². The zero-order valence-corrected chi connectivity index (χ0v) is 14.0. The third-order valence-corrected chi connectivity index (χ3v) is 4.85. The van der Waals surface area contributed by atoms with Crippen molar-refractivity contribution in [1.29, 1.82) is 0 Å². The second-order valence-electron chi connectivity index (χ2n) is 5.69. The van der Waals surface area contributed by atoms with E-state index in [4.69, 9.17) is 10.5 Å². The van der Waals surface area contributed by atoms with E-state index in [0.29, 0.717) is 10.9 Å². The summed E-state index contributed by atoms with van der Waals surface area (Å²) in [7, 11) is 1.48. The van der Waals surface area contributed by atoms with Crippen molar-refractivity contribution < 1.29 is 9.13 Å². The summed E-state index contributed by atoms with van der Waals surface area (Å²) in [5.41, 5.74) is 6.64. The van der Waals surface area contributed by atoms with E-state index < -0.39 is 0 Å². The van der Waals surface area contributed by atoms with E-state index >= 15 is 0 Å². The topological polar surface area (TPSA) is 54.6 Å². The molecule has 1 aromatic heterocycles. The predicted octanol–water partition coefficient (Wildman–Crippen LogP) is 2.19. The molecule has 2 N–H and O–H groups in total. The Bertz CT molecular complexity index is 655. The minimum absolute atomic E-state index is 0.294. The smallest absolute Gasteiger partial charge is 0.180 e. The van der Waals surface area contributed by atoms with Crippen LogP contribution in [0.4, 0.5) is 9.52 Å². The van der Waals surface area contributed by atoms with Gasteiger partial charge in [0, 0.05) is 50.3 Å². The molecule has 1 saturated heterocycles. The lowest BCUT2D eigenvalue weighted by Crippen LogP contribution is -2.45. The molecular weight excluding hydrogens is 315 g/mol. The third kappa shape index (κ3) is 4.19. The average Bonchev–Trinajstić information content (AvgIpc) is 2.95. The number of thiazole rings is 1. The van der Waals surface area contributed by atoms with E-state index in [-0.39, 0.29) is 5.82 Å². The van der Waals surface area contributed by atoms with Gasteiger partial charge in [-0.1, -0.05) is 6.07 Å². The van der Waals surface area contributed by atoms with Crippen molar-refractivity contribution in [3.63, 3.8) is 0 Å². The number of halogens is 1. The summed E-state index contributed by atoms with van der Waals surface area (Å²) in [6.07, 6.45) is 1.85. The highest BCUT2D eigenvalue weighted by Crippen LogP contribution is 2.20. The molecule has 1 aromatic carbocycles. The summed E-state index contributed by atoms with van der Waals surface area (Å²) >= 11 is 1.55. The molecule has 3 rings (SSSR count). The normalized spacial score (nSPS) is 16.6. The molecule has 7 heteroatoms. The van der Waals surface area contributed by atoms with Crippen molar-refractivity contribution in [3.05, 3.63) is 40.7 Å². The number of piperazine rings is 1. The Hall–Kier alpha value is -1.70. The molecule has 0 bridgehead atoms. The van der Waals surface area contributed by atoms with Crippen LogP contribution in [0.25, 0.3) is 0 Å². The van der Waals surface area contributed by atoms with Gasteiger partial charge in [0.05, 0.1) is 7.11 Å². The van der Waals surface area contributed by atoms with Crippen LogP contribution < -0.4 is 10.5 Å². The highest BCUT2D eigenvalue weighted by atomic mass is 32.1. The fraction of sp³-hybridized carbons (Fsp3) is 0.438. The van der Waals surface area contributed by atoms with Crippen LogP contribution in [0.3, 0.4) is 0 Å². The highest BCUT2D eigenvalue weighted by molar-refractivity contribution is 7.15. The molecule has 0 aliphatic carbocycles. The van der Waals surface area contributed by atoms with Crippen LogP contribution in [0.5, 0.6) is 5.75 Å². The number of aromatic nitrogens is 1. The average molecular weight is 336 g/mol. The quantitative estimate of drug-likeness (QED) is 0.907. The first-order valence-electron chi connectivity index (χ1n) is 7.61. The van der Waals surface area contributed by atoms with Crippen LogP contribution in [0, 0.1) is 5.82 Å². The Kier molecular flexibility index (Phi) is 5.09. The van der Waals surface area contributed by atoms with Gasteiger partial charge in [-0.3, -0.25) is 9.80 Å². The van der Waals surface area contributed by atoms with E-state index in [1.165, 1.54) is 12.0 Å². The zero-order valence-electron chi connectivity index (χ0n) is 13.2. The van der Waals surface area contributed by atoms with Gasteiger partial charge >= 0.3 is 0 Å². The number of methoxy groups -OCH3 is 1. The van der Waals surface area contributed by atoms with Gasteiger partial charge in [-0.15, -0.1) is 11.3 Å². The molecule has 0 amide bonds. The summed E-state index contributed by atoms with van der Waals surface area (Å²) < 4.78 is 18.7. The van der Waals surface area contributed by atoms with Crippen LogP contribution in [-0.2, 0) is 13.1 Å². The summed E-state index contributed by atoms with van der Waals surface area (Å²) in [6.45, 7) is 5.61. The molecule has 124 valence electrons. The molecule has 0 spiro atoms. The molecule has 1 fully saturated rings. The number of hydrogen-bond acceptors (Lipinski definition) is 6. The van der Waals surface area contributed by atoms with Crippen LogP contribution in [0.1, 0.15) is 10.4 Å². The summed E-state index contributed by atoms with van der Waals surface area (Å²) in [5, 5.41) is 0.625. The molecule has 0 radical (unpaired) electrons. The van der Waals surface area contributed by atoms with Crippen LogP contribution in [0.2, 0.25) is 0 Å². The fourth-order valence-corrected chi connectivity index (χ4v) is 3.51. The van der Waals surface area contributed by atoms with E-state index in [1.807, 2.05) is 12.3 Å². The van der Waals surface area contributed by atoms with Crippen LogP contribution >= 0.6 is 11.3 Å². The lowest BCUT2D eigenvalue weighted by molar-refractivity contribution is 0.122. The lowest BCUT2D eigenvalue weighted by Gasteiger charge is -2.34. The van der Waals surface area contributed by atoms with Crippen molar-refractivity contribution in [3.8, 4) is 5.75 Å². The zero-order chi connectivity index (χ0) is 16.2. The Balaban J connectivity index is 1.50. The molecule has 2 heterocycles. The molecule has 0 saturated carbocycles. The lowest BCUT2D eigenvalue weighted by atomic mass is 10.2. The minimum Gasteiger partial charge on any atom is -0.494 e. The maximum atomic E-state index is 13.7. The number of rotatable bonds is 5. The van der Waals surface area contributed by atoms with E-state index in [0.717, 1.165) is 44.8 Å². The molecule has 0 atom stereocenters. The van der Waals surface area contributed by atoms with Gasteiger partial charge in [-0.25, -0.2) is 9.37 Å². The first-order valence-corrected chi connectivity index (χ1v) is 8.43. The maximum absolute atomic E-state index is 13.7. The summed E-state index contributed by atoms with van der Waals surface area (Å²) in [6, 6.07) is 5.18. The van der Waals surface area contributed by atoms with Gasteiger partial charge in [-0.05, 0) is 17.7 Å². The third-order valence-electron chi connectivity index (χ3n) is 4.04. The van der Waals surface area contributed by atoms with Gasteiger partial charge in [0.2, 0.25) is 0 Å². The standard InChI is InChI=1S/C16H21FN4OS/c1-22-15-3-2-12(8-14(15)17)10-20-4-6-21(7-5-20)11-13-9-19-16(18)23-13/h2-3,8-9H,4-7,10-11H2,1H3,(H2,18,19). The maximum Gasteiger partial charge on any atom is 0.180 e. The molecule has 2 aromatic rings. The summed E-state index contributed by atoms with van der Waals surface area (Å²) in [5.74, 6) is -0.00572. The Morgan fingerprint density at radius 1 is 1.22 bits per heavy atom. The molecule has 1 aliphatic heterocycles. The fourth-order valence-electron chi connectivity index (χ4n) is 2.79. The number of nitrogen functional groups attached to an aromatic ring is 1. The van der Waals surface area contributed by atoms with E-state index in [1.54, 1.807) is 23.5 Å². The van der Waals surface area contributed by atoms with Gasteiger partial charge in [0.25, 0.3) is 0 Å². The SMILES string of the molecule is COc1ccc(CN2CCN(Cc3cnc(N)s3)CC2)cc1F. The second-order valence-corrected chi connectivity index (χ2v) is 6.83. The van der Waals surface area contributed by atoms with Crippen molar-refractivity contribution in [2.24, 2.45) is 0 Å². The van der Waals surface area contributed by atoms with E-state index in [9.17, 15) is 4.39 Å². The number of ether oxygens (including phenoxy) is 1. The number of nitrogens with zero attached hydrogens (tertiary/aromatic N) is 3. The largest absolute Gasteiger partial charge is 0.494 e. The number of hydrogen-bond donors (Lipinski definition) is 1. The molecule has 1 aliphatic rings. The van der Waals surface area contributed by atoms with Crippen LogP contribution in [-0.4, -0.2) is 48.1 Å². The Labute approximate surface area is 139 Å². The Morgan fingerprint density at radius 3 is 2.48 bits per heavy atom. The van der Waals surface area contributed by atoms with Gasteiger partial charge in [0.1, 0.15) is 0 Å². The van der Waals surface area contributed by atoms with Gasteiger partial charge < -0.3 is 10.5 Å². The molecule has 0 unspecified atom stereocenters. The molecule has 5 nitrogen and oxygen atoms in total. The molecule has 23 heavy (non-hydrogen) atoms. The highest BCUT2D eigenvalue weighted by Gasteiger charge is 2.18. The summed E-state index contributed by atoms with van der Waals surface area (Å²) in [4.78, 5) is 10.0. The van der Waals surface area contributed by atoms with Crippen molar-refractivity contribution >= 4 is 16.5 Å². The second kappa shape index (κ2) is 7.25. The van der Waals surface area contributed by atoms with Crippen molar-refractivity contribution in [1.82, 2.24) is 14.8 Å². The monoisotopic (exact) mass is 336 g/mol. The number of nitrogens with two attached hydrogens (primary N) is 1. The Morgan fingerprint density at radius 2 is 1.91 bits per heavy atom.